The number of benzene rings is 3. The summed E-state index contributed by atoms with van der Waals surface area (Å²) in [5.74, 6) is 0.258. The van der Waals surface area contributed by atoms with Gasteiger partial charge in [0.2, 0.25) is 5.91 Å². The highest BCUT2D eigenvalue weighted by molar-refractivity contribution is 5.97. The van der Waals surface area contributed by atoms with Gasteiger partial charge in [-0.2, -0.15) is 5.10 Å². The molecule has 0 aliphatic heterocycles. The second-order valence-electron chi connectivity index (χ2n) is 9.43. The Morgan fingerprint density at radius 3 is 2.29 bits per heavy atom. The van der Waals surface area contributed by atoms with Crippen LogP contribution in [0.1, 0.15) is 37.0 Å². The highest BCUT2D eigenvalue weighted by atomic mass is 16.2. The zero-order valence-electron chi connectivity index (χ0n) is 22.5. The number of nitrogens with zero attached hydrogens (tertiary/aromatic N) is 3. The number of hydrogen-bond acceptors (Lipinski definition) is 3. The van der Waals surface area contributed by atoms with Crippen LogP contribution in [0.4, 0.5) is 16.3 Å². The topological polar surface area (TPSA) is 79.3 Å². The van der Waals surface area contributed by atoms with E-state index in [1.165, 1.54) is 10.5 Å². The van der Waals surface area contributed by atoms with Gasteiger partial charge in [-0.25, -0.2) is 9.48 Å². The lowest BCUT2D eigenvalue weighted by molar-refractivity contribution is -0.116. The standard InChI is InChI=1S/C31H35N5O2/c1-5-18-35(31(38)32-26-15-13-24(6-2)14-16-26)21-30(37)33-29-20-27(25-10-8-7-9-11-25)34-36(29)28-17-12-22(3)19-23(28)4/h7-17,19-20H,5-6,18,21H2,1-4H3,(H,32,38)(H,33,37). The van der Waals surface area contributed by atoms with Gasteiger partial charge in [-0.05, 0) is 56.0 Å². The van der Waals surface area contributed by atoms with Crippen molar-refractivity contribution in [3.05, 3.63) is 95.6 Å². The van der Waals surface area contributed by atoms with Crippen molar-refractivity contribution in [2.75, 3.05) is 23.7 Å². The van der Waals surface area contributed by atoms with Gasteiger partial charge in [-0.15, -0.1) is 0 Å². The fraction of sp³-hybridized carbons (Fsp3) is 0.258. The van der Waals surface area contributed by atoms with Crippen LogP contribution in [0, 0.1) is 13.8 Å². The van der Waals surface area contributed by atoms with E-state index >= 15 is 0 Å². The molecule has 0 saturated heterocycles. The quantitative estimate of drug-likeness (QED) is 0.267. The van der Waals surface area contributed by atoms with Crippen molar-refractivity contribution in [3.63, 3.8) is 0 Å². The van der Waals surface area contributed by atoms with Gasteiger partial charge in [0.05, 0.1) is 11.4 Å². The lowest BCUT2D eigenvalue weighted by atomic mass is 10.1. The number of amides is 3. The summed E-state index contributed by atoms with van der Waals surface area (Å²) in [5.41, 5.74) is 6.68. The van der Waals surface area contributed by atoms with Crippen LogP contribution in [0.25, 0.3) is 16.9 Å². The summed E-state index contributed by atoms with van der Waals surface area (Å²) in [4.78, 5) is 27.8. The predicted octanol–water partition coefficient (Wildman–Crippen LogP) is 6.60. The van der Waals surface area contributed by atoms with Crippen molar-refractivity contribution >= 4 is 23.4 Å². The molecule has 38 heavy (non-hydrogen) atoms. The number of carbonyl (C=O) groups is 2. The van der Waals surface area contributed by atoms with Gasteiger partial charge in [0.1, 0.15) is 12.4 Å². The molecule has 196 valence electrons. The number of aromatic nitrogens is 2. The van der Waals surface area contributed by atoms with E-state index in [0.717, 1.165) is 40.9 Å². The normalized spacial score (nSPS) is 10.7. The Morgan fingerprint density at radius 2 is 1.63 bits per heavy atom. The van der Waals surface area contributed by atoms with Gasteiger partial charge in [-0.1, -0.05) is 74.0 Å². The summed E-state index contributed by atoms with van der Waals surface area (Å²) in [6.45, 7) is 8.52. The first kappa shape index (κ1) is 26.7. The highest BCUT2D eigenvalue weighted by Crippen LogP contribution is 2.26. The number of hydrogen-bond donors (Lipinski definition) is 2. The third-order valence-electron chi connectivity index (χ3n) is 6.36. The lowest BCUT2D eigenvalue weighted by Gasteiger charge is -2.22. The van der Waals surface area contributed by atoms with Crippen molar-refractivity contribution in [1.82, 2.24) is 14.7 Å². The van der Waals surface area contributed by atoms with E-state index in [1.807, 2.05) is 93.6 Å². The lowest BCUT2D eigenvalue weighted by Crippen LogP contribution is -2.41. The number of anilines is 2. The molecule has 7 heteroatoms. The minimum Gasteiger partial charge on any atom is -0.315 e. The first-order valence-corrected chi connectivity index (χ1v) is 13.1. The average Bonchev–Trinajstić information content (AvgIpc) is 3.32. The Balaban J connectivity index is 1.56. The molecule has 1 heterocycles. The molecule has 0 aliphatic carbocycles. The Kier molecular flexibility index (Phi) is 8.58. The third-order valence-corrected chi connectivity index (χ3v) is 6.36. The van der Waals surface area contributed by atoms with Gasteiger partial charge < -0.3 is 15.5 Å². The maximum absolute atomic E-state index is 13.2. The number of urea groups is 1. The number of aryl methyl sites for hydroxylation is 3. The van der Waals surface area contributed by atoms with E-state index in [1.54, 1.807) is 4.68 Å². The summed E-state index contributed by atoms with van der Waals surface area (Å²) >= 11 is 0. The van der Waals surface area contributed by atoms with Crippen molar-refractivity contribution < 1.29 is 9.59 Å². The molecule has 7 nitrogen and oxygen atoms in total. The van der Waals surface area contributed by atoms with Crippen molar-refractivity contribution in [1.29, 1.82) is 0 Å². The second-order valence-corrected chi connectivity index (χ2v) is 9.43. The molecule has 1 aromatic heterocycles. The SMILES string of the molecule is CCCN(CC(=O)Nc1cc(-c2ccccc2)nn1-c1ccc(C)cc1C)C(=O)Nc1ccc(CC)cc1. The molecule has 0 saturated carbocycles. The van der Waals surface area contributed by atoms with Crippen LogP contribution in [0.3, 0.4) is 0 Å². The summed E-state index contributed by atoms with van der Waals surface area (Å²) in [5, 5.41) is 10.7. The minimum absolute atomic E-state index is 0.0779. The van der Waals surface area contributed by atoms with E-state index in [2.05, 4.69) is 23.6 Å². The first-order valence-electron chi connectivity index (χ1n) is 13.1. The van der Waals surface area contributed by atoms with Crippen LogP contribution < -0.4 is 10.6 Å². The molecular weight excluding hydrogens is 474 g/mol. The van der Waals surface area contributed by atoms with E-state index in [9.17, 15) is 9.59 Å². The summed E-state index contributed by atoms with van der Waals surface area (Å²) in [7, 11) is 0. The summed E-state index contributed by atoms with van der Waals surface area (Å²) in [6.07, 6.45) is 1.66. The molecule has 0 aliphatic rings. The zero-order chi connectivity index (χ0) is 27.1. The van der Waals surface area contributed by atoms with Crippen molar-refractivity contribution in [2.45, 2.75) is 40.5 Å². The molecule has 0 unspecified atom stereocenters. The minimum atomic E-state index is -0.306. The van der Waals surface area contributed by atoms with Gasteiger partial charge in [0.25, 0.3) is 0 Å². The summed E-state index contributed by atoms with van der Waals surface area (Å²) in [6, 6.07) is 25.3. The molecular formula is C31H35N5O2. The monoisotopic (exact) mass is 509 g/mol. The van der Waals surface area contributed by atoms with Crippen molar-refractivity contribution in [2.24, 2.45) is 0 Å². The Bertz CT molecular complexity index is 1390. The fourth-order valence-electron chi connectivity index (χ4n) is 4.35. The molecule has 2 N–H and O–H groups in total. The van der Waals surface area contributed by atoms with E-state index in [-0.39, 0.29) is 18.5 Å². The van der Waals surface area contributed by atoms with Gasteiger partial charge in [0, 0.05) is 23.9 Å². The van der Waals surface area contributed by atoms with Gasteiger partial charge >= 0.3 is 6.03 Å². The Labute approximate surface area is 224 Å². The molecule has 0 atom stereocenters. The molecule has 4 rings (SSSR count). The van der Waals surface area contributed by atoms with Crippen LogP contribution in [-0.4, -0.2) is 39.7 Å². The number of nitrogens with one attached hydrogen (secondary N) is 2. The van der Waals surface area contributed by atoms with Gasteiger partial charge in [-0.3, -0.25) is 4.79 Å². The van der Waals surface area contributed by atoms with Crippen LogP contribution in [0.15, 0.2) is 78.9 Å². The summed E-state index contributed by atoms with van der Waals surface area (Å²) < 4.78 is 1.76. The number of rotatable bonds is 9. The zero-order valence-corrected chi connectivity index (χ0v) is 22.5. The fourth-order valence-corrected chi connectivity index (χ4v) is 4.35. The molecule has 0 fully saturated rings. The maximum atomic E-state index is 13.2. The van der Waals surface area contributed by atoms with Crippen LogP contribution in [0.2, 0.25) is 0 Å². The van der Waals surface area contributed by atoms with Crippen LogP contribution >= 0.6 is 0 Å². The first-order chi connectivity index (χ1) is 18.4. The Morgan fingerprint density at radius 1 is 0.895 bits per heavy atom. The van der Waals surface area contributed by atoms with Gasteiger partial charge in [0.15, 0.2) is 0 Å². The second kappa shape index (κ2) is 12.2. The molecule has 4 aromatic rings. The van der Waals surface area contributed by atoms with Crippen LogP contribution in [0.5, 0.6) is 0 Å². The van der Waals surface area contributed by atoms with Crippen LogP contribution in [-0.2, 0) is 11.2 Å². The maximum Gasteiger partial charge on any atom is 0.322 e. The third kappa shape index (κ3) is 6.48. The molecule has 0 radical (unpaired) electrons. The number of carbonyl (C=O) groups excluding carboxylic acids is 2. The van der Waals surface area contributed by atoms with Crippen molar-refractivity contribution in [3.8, 4) is 16.9 Å². The predicted molar refractivity (Wildman–Crippen MR) is 154 cm³/mol. The average molecular weight is 510 g/mol. The molecule has 3 aromatic carbocycles. The molecule has 3 amide bonds. The smallest absolute Gasteiger partial charge is 0.315 e. The highest BCUT2D eigenvalue weighted by Gasteiger charge is 2.20. The molecule has 0 bridgehead atoms. The van der Waals surface area contributed by atoms with E-state index in [4.69, 9.17) is 5.10 Å². The van der Waals surface area contributed by atoms with E-state index in [0.29, 0.717) is 18.1 Å². The Hall–Kier alpha value is -4.39. The van der Waals surface area contributed by atoms with E-state index < -0.39 is 0 Å². The largest absolute Gasteiger partial charge is 0.322 e. The molecule has 0 spiro atoms.